The lowest BCUT2D eigenvalue weighted by Crippen LogP contribution is -2.43. The lowest BCUT2D eigenvalue weighted by Gasteiger charge is -2.37. The number of hydrogen-bond donors (Lipinski definition) is 1. The Hall–Kier alpha value is -1.42. The van der Waals surface area contributed by atoms with E-state index in [1.807, 2.05) is 18.2 Å². The van der Waals surface area contributed by atoms with Gasteiger partial charge in [-0.2, -0.15) is 0 Å². The third kappa shape index (κ3) is 2.37. The van der Waals surface area contributed by atoms with Gasteiger partial charge < -0.3 is 19.5 Å². The van der Waals surface area contributed by atoms with Crippen LogP contribution in [0.5, 0.6) is 11.5 Å². The Morgan fingerprint density at radius 1 is 1.32 bits per heavy atom. The predicted molar refractivity (Wildman–Crippen MR) is 76.2 cm³/mol. The van der Waals surface area contributed by atoms with E-state index >= 15 is 0 Å². The van der Waals surface area contributed by atoms with Gasteiger partial charge in [0.2, 0.25) is 0 Å². The normalized spacial score (nSPS) is 21.5. The molecule has 0 saturated carbocycles. The summed E-state index contributed by atoms with van der Waals surface area (Å²) in [5.41, 5.74) is 0.987. The van der Waals surface area contributed by atoms with Crippen molar-refractivity contribution in [2.24, 2.45) is 5.92 Å². The monoisotopic (exact) mass is 265 g/mol. The van der Waals surface area contributed by atoms with Gasteiger partial charge in [-0.3, -0.25) is 0 Å². The van der Waals surface area contributed by atoms with Crippen LogP contribution < -0.4 is 14.4 Å². The van der Waals surface area contributed by atoms with Crippen molar-refractivity contribution >= 4 is 5.69 Å². The standard InChI is InChI=1S/C15H23NO3/c1-15(2)11(10-17)7-8-16(15)13-6-5-12(18-3)9-14(13)19-4/h5-6,9,11,17H,7-8,10H2,1-4H3. The van der Waals surface area contributed by atoms with Crippen molar-refractivity contribution in [1.82, 2.24) is 0 Å². The first-order valence-corrected chi connectivity index (χ1v) is 6.65. The van der Waals surface area contributed by atoms with Crippen LogP contribution in [0.15, 0.2) is 18.2 Å². The molecule has 1 aromatic carbocycles. The molecule has 0 amide bonds. The summed E-state index contributed by atoms with van der Waals surface area (Å²) < 4.78 is 10.7. The van der Waals surface area contributed by atoms with E-state index in [9.17, 15) is 5.11 Å². The summed E-state index contributed by atoms with van der Waals surface area (Å²) in [5, 5.41) is 9.50. The van der Waals surface area contributed by atoms with Gasteiger partial charge in [0.1, 0.15) is 11.5 Å². The molecule has 1 unspecified atom stereocenters. The van der Waals surface area contributed by atoms with Gasteiger partial charge in [-0.15, -0.1) is 0 Å². The first kappa shape index (κ1) is 14.0. The van der Waals surface area contributed by atoms with Crippen molar-refractivity contribution in [2.45, 2.75) is 25.8 Å². The summed E-state index contributed by atoms with van der Waals surface area (Å²) >= 11 is 0. The van der Waals surface area contributed by atoms with Crippen LogP contribution in [0.1, 0.15) is 20.3 Å². The van der Waals surface area contributed by atoms with Crippen LogP contribution in [0.2, 0.25) is 0 Å². The molecule has 1 atom stereocenters. The highest BCUT2D eigenvalue weighted by Crippen LogP contribution is 2.42. The van der Waals surface area contributed by atoms with E-state index in [0.717, 1.165) is 30.2 Å². The molecule has 4 nitrogen and oxygen atoms in total. The zero-order valence-corrected chi connectivity index (χ0v) is 12.1. The van der Waals surface area contributed by atoms with Crippen LogP contribution in [0.4, 0.5) is 5.69 Å². The fourth-order valence-electron chi connectivity index (χ4n) is 2.90. The zero-order valence-electron chi connectivity index (χ0n) is 12.1. The maximum atomic E-state index is 9.50. The first-order valence-electron chi connectivity index (χ1n) is 6.65. The van der Waals surface area contributed by atoms with Gasteiger partial charge in [-0.1, -0.05) is 0 Å². The molecule has 0 aromatic heterocycles. The van der Waals surface area contributed by atoms with E-state index in [1.54, 1.807) is 14.2 Å². The molecule has 1 saturated heterocycles. The summed E-state index contributed by atoms with van der Waals surface area (Å²) in [6, 6.07) is 5.87. The Morgan fingerprint density at radius 3 is 2.58 bits per heavy atom. The topological polar surface area (TPSA) is 41.9 Å². The lowest BCUT2D eigenvalue weighted by atomic mass is 9.89. The molecule has 0 bridgehead atoms. The van der Waals surface area contributed by atoms with Crippen LogP contribution in [0.3, 0.4) is 0 Å². The second-order valence-corrected chi connectivity index (χ2v) is 5.51. The number of ether oxygens (including phenoxy) is 2. The van der Waals surface area contributed by atoms with Crippen molar-refractivity contribution in [2.75, 3.05) is 32.3 Å². The zero-order chi connectivity index (χ0) is 14.0. The lowest BCUT2D eigenvalue weighted by molar-refractivity contribution is 0.189. The summed E-state index contributed by atoms with van der Waals surface area (Å²) in [7, 11) is 3.32. The average molecular weight is 265 g/mol. The highest BCUT2D eigenvalue weighted by Gasteiger charge is 2.41. The molecule has 0 aliphatic carbocycles. The van der Waals surface area contributed by atoms with E-state index < -0.39 is 0 Å². The molecule has 4 heteroatoms. The molecule has 1 N–H and O–H groups in total. The van der Waals surface area contributed by atoms with E-state index in [2.05, 4.69) is 18.7 Å². The number of aliphatic hydroxyl groups excluding tert-OH is 1. The Bertz CT molecular complexity index is 445. The minimum atomic E-state index is -0.0728. The van der Waals surface area contributed by atoms with Crippen molar-refractivity contribution < 1.29 is 14.6 Å². The average Bonchev–Trinajstić information content (AvgIpc) is 2.72. The van der Waals surface area contributed by atoms with E-state index in [1.165, 1.54) is 0 Å². The Balaban J connectivity index is 2.37. The van der Waals surface area contributed by atoms with E-state index in [4.69, 9.17) is 9.47 Å². The summed E-state index contributed by atoms with van der Waals surface area (Å²) in [4.78, 5) is 2.31. The molecule has 0 spiro atoms. The second-order valence-electron chi connectivity index (χ2n) is 5.51. The van der Waals surface area contributed by atoms with E-state index in [-0.39, 0.29) is 12.1 Å². The molecule has 0 radical (unpaired) electrons. The van der Waals surface area contributed by atoms with Crippen LogP contribution in [0, 0.1) is 5.92 Å². The molecule has 19 heavy (non-hydrogen) atoms. The Morgan fingerprint density at radius 2 is 2.05 bits per heavy atom. The number of benzene rings is 1. The number of anilines is 1. The van der Waals surface area contributed by atoms with Crippen LogP contribution in [-0.2, 0) is 0 Å². The quantitative estimate of drug-likeness (QED) is 0.907. The SMILES string of the molecule is COc1ccc(N2CCC(CO)C2(C)C)c(OC)c1. The van der Waals surface area contributed by atoms with Crippen LogP contribution >= 0.6 is 0 Å². The third-order valence-electron chi connectivity index (χ3n) is 4.29. The number of nitrogens with zero attached hydrogens (tertiary/aromatic N) is 1. The molecular formula is C15H23NO3. The fourth-order valence-corrected chi connectivity index (χ4v) is 2.90. The largest absolute Gasteiger partial charge is 0.497 e. The van der Waals surface area contributed by atoms with Gasteiger partial charge in [0.05, 0.1) is 19.9 Å². The number of rotatable bonds is 4. The molecule has 1 aliphatic rings. The first-order chi connectivity index (χ1) is 9.04. The van der Waals surface area contributed by atoms with Gasteiger partial charge in [0.15, 0.2) is 0 Å². The molecule has 2 rings (SSSR count). The highest BCUT2D eigenvalue weighted by atomic mass is 16.5. The van der Waals surface area contributed by atoms with Crippen LogP contribution in [-0.4, -0.2) is 38.0 Å². The molecule has 1 heterocycles. The van der Waals surface area contributed by atoms with Crippen molar-refractivity contribution in [3.8, 4) is 11.5 Å². The minimum Gasteiger partial charge on any atom is -0.497 e. The Labute approximate surface area is 114 Å². The van der Waals surface area contributed by atoms with Crippen molar-refractivity contribution in [3.63, 3.8) is 0 Å². The molecule has 1 aliphatic heterocycles. The number of aliphatic hydroxyl groups is 1. The Kier molecular flexibility index (Phi) is 3.90. The fraction of sp³-hybridized carbons (Fsp3) is 0.600. The maximum Gasteiger partial charge on any atom is 0.145 e. The number of hydrogen-bond acceptors (Lipinski definition) is 4. The molecule has 1 aromatic rings. The van der Waals surface area contributed by atoms with Crippen molar-refractivity contribution in [3.05, 3.63) is 18.2 Å². The summed E-state index contributed by atoms with van der Waals surface area (Å²) in [5.74, 6) is 1.89. The summed E-state index contributed by atoms with van der Waals surface area (Å²) in [6.07, 6.45) is 0.999. The molecule has 1 fully saturated rings. The van der Waals surface area contributed by atoms with Gasteiger partial charge in [-0.25, -0.2) is 0 Å². The summed E-state index contributed by atoms with van der Waals surface area (Å²) in [6.45, 7) is 5.50. The predicted octanol–water partition coefficient (Wildman–Crippen LogP) is 2.30. The smallest absolute Gasteiger partial charge is 0.145 e. The molecular weight excluding hydrogens is 242 g/mol. The van der Waals surface area contributed by atoms with E-state index in [0.29, 0.717) is 5.92 Å². The van der Waals surface area contributed by atoms with Gasteiger partial charge in [0, 0.05) is 30.7 Å². The van der Waals surface area contributed by atoms with Gasteiger partial charge in [-0.05, 0) is 32.4 Å². The third-order valence-corrected chi connectivity index (χ3v) is 4.29. The maximum absolute atomic E-state index is 9.50. The second kappa shape index (κ2) is 5.29. The number of methoxy groups -OCH3 is 2. The van der Waals surface area contributed by atoms with Crippen LogP contribution in [0.25, 0.3) is 0 Å². The highest BCUT2D eigenvalue weighted by molar-refractivity contribution is 5.63. The van der Waals surface area contributed by atoms with Gasteiger partial charge >= 0.3 is 0 Å². The van der Waals surface area contributed by atoms with Gasteiger partial charge in [0.25, 0.3) is 0 Å². The minimum absolute atomic E-state index is 0.0728. The molecule has 106 valence electrons. The van der Waals surface area contributed by atoms with Crippen molar-refractivity contribution in [1.29, 1.82) is 0 Å².